The van der Waals surface area contributed by atoms with Gasteiger partial charge in [-0.1, -0.05) is 6.07 Å². The van der Waals surface area contributed by atoms with E-state index in [1.54, 1.807) is 18.3 Å². The fourth-order valence-corrected chi connectivity index (χ4v) is 3.57. The number of aromatic nitrogens is 1. The van der Waals surface area contributed by atoms with Crippen molar-refractivity contribution >= 4 is 11.8 Å². The maximum absolute atomic E-state index is 13.4. The Morgan fingerprint density at radius 1 is 1.16 bits per heavy atom. The van der Waals surface area contributed by atoms with Gasteiger partial charge in [-0.15, -0.1) is 11.8 Å². The highest BCUT2D eigenvalue weighted by molar-refractivity contribution is 7.99. The number of nitriles is 1. The fraction of sp³-hybridized carbons (Fsp3) is 0.294. The van der Waals surface area contributed by atoms with Gasteiger partial charge in [0.05, 0.1) is 17.9 Å². The van der Waals surface area contributed by atoms with E-state index in [4.69, 9.17) is 10.00 Å². The zero-order valence-electron chi connectivity index (χ0n) is 12.9. The summed E-state index contributed by atoms with van der Waals surface area (Å²) in [5.41, 5.74) is 0.394. The molecule has 3 rings (SSSR count). The number of aliphatic hydroxyl groups is 3. The van der Waals surface area contributed by atoms with E-state index in [9.17, 15) is 19.7 Å². The van der Waals surface area contributed by atoms with Crippen LogP contribution in [-0.4, -0.2) is 49.8 Å². The number of nitrogens with zero attached hydrogens (tertiary/aromatic N) is 2. The van der Waals surface area contributed by atoms with Crippen LogP contribution in [0.4, 0.5) is 4.39 Å². The minimum Gasteiger partial charge on any atom is -0.475 e. The predicted molar refractivity (Wildman–Crippen MR) is 89.2 cm³/mol. The van der Waals surface area contributed by atoms with Crippen molar-refractivity contribution in [3.63, 3.8) is 0 Å². The van der Waals surface area contributed by atoms with Crippen LogP contribution in [0.3, 0.4) is 0 Å². The molecule has 0 bridgehead atoms. The Balaban J connectivity index is 1.82. The van der Waals surface area contributed by atoms with Crippen molar-refractivity contribution in [1.82, 2.24) is 4.98 Å². The summed E-state index contributed by atoms with van der Waals surface area (Å²) in [5, 5.41) is 38.2. The van der Waals surface area contributed by atoms with Crippen LogP contribution < -0.4 is 4.74 Å². The van der Waals surface area contributed by atoms with E-state index in [1.165, 1.54) is 36.2 Å². The number of rotatable bonds is 3. The first kappa shape index (κ1) is 17.6. The summed E-state index contributed by atoms with van der Waals surface area (Å²) in [6.45, 7) is 0. The van der Waals surface area contributed by atoms with E-state index >= 15 is 0 Å². The van der Waals surface area contributed by atoms with E-state index in [2.05, 4.69) is 4.98 Å². The molecule has 8 heteroatoms. The SMILES string of the molecule is N#Cc1cc(-c2cncc(OC3SC[C@@H](O)[C@H](O)[C@H]3O)c2)ccc1F. The molecule has 25 heavy (non-hydrogen) atoms. The Morgan fingerprint density at radius 2 is 1.96 bits per heavy atom. The van der Waals surface area contributed by atoms with Crippen molar-refractivity contribution in [1.29, 1.82) is 5.26 Å². The van der Waals surface area contributed by atoms with Gasteiger partial charge in [-0.3, -0.25) is 4.98 Å². The van der Waals surface area contributed by atoms with Gasteiger partial charge in [0.1, 0.15) is 29.8 Å². The van der Waals surface area contributed by atoms with Gasteiger partial charge in [0.25, 0.3) is 0 Å². The zero-order chi connectivity index (χ0) is 18.0. The second-order valence-corrected chi connectivity index (χ2v) is 6.72. The summed E-state index contributed by atoms with van der Waals surface area (Å²) in [6.07, 6.45) is -0.535. The molecule has 1 aliphatic rings. The van der Waals surface area contributed by atoms with E-state index < -0.39 is 29.6 Å². The average molecular weight is 362 g/mol. The van der Waals surface area contributed by atoms with Crippen LogP contribution in [0.1, 0.15) is 5.56 Å². The van der Waals surface area contributed by atoms with Crippen molar-refractivity contribution in [3.8, 4) is 22.9 Å². The molecule has 0 saturated carbocycles. The third-order valence-corrected chi connectivity index (χ3v) is 5.08. The highest BCUT2D eigenvalue weighted by Crippen LogP contribution is 2.31. The standard InChI is InChI=1S/C17H15FN2O4S/c18-13-2-1-9(3-10(13)5-19)11-4-12(7-20-6-11)24-17-16(23)15(22)14(21)8-25-17/h1-4,6-7,14-17,21-23H,8H2/t14-,15+,16-,17?/m1/s1. The summed E-state index contributed by atoms with van der Waals surface area (Å²) < 4.78 is 19.1. The topological polar surface area (TPSA) is 107 Å². The molecule has 2 aromatic rings. The lowest BCUT2D eigenvalue weighted by Gasteiger charge is -2.34. The molecule has 130 valence electrons. The lowest BCUT2D eigenvalue weighted by molar-refractivity contribution is -0.0786. The van der Waals surface area contributed by atoms with Crippen LogP contribution in [-0.2, 0) is 0 Å². The van der Waals surface area contributed by atoms with Crippen LogP contribution in [0.2, 0.25) is 0 Å². The lowest BCUT2D eigenvalue weighted by Crippen LogP contribution is -2.50. The van der Waals surface area contributed by atoms with E-state index in [1.807, 2.05) is 0 Å². The summed E-state index contributed by atoms with van der Waals surface area (Å²) in [5.74, 6) is -0.0131. The molecule has 6 nitrogen and oxygen atoms in total. The maximum atomic E-state index is 13.4. The second-order valence-electron chi connectivity index (χ2n) is 5.58. The summed E-state index contributed by atoms with van der Waals surface area (Å²) in [4.78, 5) is 4.06. The predicted octanol–water partition coefficient (Wildman–Crippen LogP) is 1.29. The molecule has 1 fully saturated rings. The summed E-state index contributed by atoms with van der Waals surface area (Å²) in [6, 6.07) is 7.59. The molecule has 4 atom stereocenters. The molecule has 1 aliphatic heterocycles. The molecule has 1 aromatic carbocycles. The van der Waals surface area contributed by atoms with Crippen LogP contribution in [0.15, 0.2) is 36.7 Å². The molecule has 3 N–H and O–H groups in total. The van der Waals surface area contributed by atoms with Crippen LogP contribution in [0.5, 0.6) is 5.75 Å². The first-order valence-corrected chi connectivity index (χ1v) is 8.52. The normalized spacial score (nSPS) is 26.0. The van der Waals surface area contributed by atoms with Crippen molar-refractivity contribution < 1.29 is 24.4 Å². The van der Waals surface area contributed by atoms with Gasteiger partial charge in [0, 0.05) is 17.5 Å². The highest BCUT2D eigenvalue weighted by Gasteiger charge is 2.38. The number of aliphatic hydroxyl groups excluding tert-OH is 3. The molecule has 0 spiro atoms. The number of halogens is 1. The van der Waals surface area contributed by atoms with E-state index in [0.29, 0.717) is 16.9 Å². The van der Waals surface area contributed by atoms with Gasteiger partial charge in [-0.2, -0.15) is 5.26 Å². The van der Waals surface area contributed by atoms with Crippen LogP contribution in [0, 0.1) is 17.1 Å². The van der Waals surface area contributed by atoms with Crippen molar-refractivity contribution in [2.24, 2.45) is 0 Å². The third kappa shape index (κ3) is 3.75. The number of hydrogen-bond donors (Lipinski definition) is 3. The second kappa shape index (κ2) is 7.37. The molecule has 2 heterocycles. The van der Waals surface area contributed by atoms with Gasteiger partial charge in [-0.25, -0.2) is 4.39 Å². The number of hydrogen-bond acceptors (Lipinski definition) is 7. The Morgan fingerprint density at radius 3 is 2.72 bits per heavy atom. The van der Waals surface area contributed by atoms with Crippen molar-refractivity contribution in [2.75, 3.05) is 5.75 Å². The lowest BCUT2D eigenvalue weighted by atomic mass is 10.0. The molecule has 1 saturated heterocycles. The quantitative estimate of drug-likeness (QED) is 0.755. The summed E-state index contributed by atoms with van der Waals surface area (Å²) >= 11 is 1.19. The third-order valence-electron chi connectivity index (χ3n) is 3.84. The Labute approximate surface area is 147 Å². The van der Waals surface area contributed by atoms with Gasteiger partial charge in [0.2, 0.25) is 0 Å². The number of benzene rings is 1. The number of pyridine rings is 1. The van der Waals surface area contributed by atoms with Gasteiger partial charge in [-0.05, 0) is 23.8 Å². The first-order chi connectivity index (χ1) is 12.0. The van der Waals surface area contributed by atoms with Gasteiger partial charge < -0.3 is 20.1 Å². The Hall–Kier alpha value is -2.18. The van der Waals surface area contributed by atoms with Crippen molar-refractivity contribution in [2.45, 2.75) is 23.7 Å². The molecule has 0 amide bonds. The minimum absolute atomic E-state index is 0.0702. The Kier molecular flexibility index (Phi) is 5.20. The van der Waals surface area contributed by atoms with E-state index in [-0.39, 0.29) is 11.3 Å². The molecule has 0 aliphatic carbocycles. The number of thioether (sulfide) groups is 1. The first-order valence-electron chi connectivity index (χ1n) is 7.47. The van der Waals surface area contributed by atoms with Crippen LogP contribution in [0.25, 0.3) is 11.1 Å². The average Bonchev–Trinajstić information content (AvgIpc) is 2.63. The fourth-order valence-electron chi connectivity index (χ4n) is 2.45. The maximum Gasteiger partial charge on any atom is 0.173 e. The van der Waals surface area contributed by atoms with Crippen LogP contribution >= 0.6 is 11.8 Å². The molecular weight excluding hydrogens is 347 g/mol. The smallest absolute Gasteiger partial charge is 0.173 e. The minimum atomic E-state index is -1.28. The molecule has 1 unspecified atom stereocenters. The zero-order valence-corrected chi connectivity index (χ0v) is 13.7. The molecule has 0 radical (unpaired) electrons. The van der Waals surface area contributed by atoms with E-state index in [0.717, 1.165) is 0 Å². The van der Waals surface area contributed by atoms with Gasteiger partial charge in [0.15, 0.2) is 5.44 Å². The van der Waals surface area contributed by atoms with Crippen molar-refractivity contribution in [3.05, 3.63) is 48.0 Å². The number of ether oxygens (including phenoxy) is 1. The highest BCUT2D eigenvalue weighted by atomic mass is 32.2. The molecule has 1 aromatic heterocycles. The largest absolute Gasteiger partial charge is 0.475 e. The molecular formula is C17H15FN2O4S. The summed E-state index contributed by atoms with van der Waals surface area (Å²) in [7, 11) is 0. The Bertz CT molecular complexity index is 813. The monoisotopic (exact) mass is 362 g/mol. The van der Waals surface area contributed by atoms with Gasteiger partial charge >= 0.3 is 0 Å².